The third-order valence-electron chi connectivity index (χ3n) is 8.32. The van der Waals surface area contributed by atoms with E-state index in [-0.39, 0.29) is 23.4 Å². The molecular formula is C31H37F2N5O. The van der Waals surface area contributed by atoms with E-state index in [0.29, 0.717) is 30.3 Å². The molecule has 1 N–H and O–H groups in total. The number of nitrogens with one attached hydrogen (secondary N) is 1. The Morgan fingerprint density at radius 2 is 1.82 bits per heavy atom. The monoisotopic (exact) mass is 533 g/mol. The maximum absolute atomic E-state index is 15.1. The Morgan fingerprint density at radius 3 is 2.56 bits per heavy atom. The third-order valence-corrected chi connectivity index (χ3v) is 8.32. The van der Waals surface area contributed by atoms with Gasteiger partial charge in [-0.2, -0.15) is 0 Å². The van der Waals surface area contributed by atoms with E-state index >= 15 is 4.39 Å². The molecule has 6 nitrogen and oxygen atoms in total. The van der Waals surface area contributed by atoms with Crippen LogP contribution in [0.1, 0.15) is 56.6 Å². The van der Waals surface area contributed by atoms with Crippen molar-refractivity contribution >= 4 is 17.3 Å². The number of halogens is 2. The topological polar surface area (TPSA) is 53.5 Å². The molecule has 1 saturated carbocycles. The second kappa shape index (κ2) is 10.7. The second-order valence-electron chi connectivity index (χ2n) is 11.6. The third kappa shape index (κ3) is 5.57. The van der Waals surface area contributed by atoms with Crippen molar-refractivity contribution in [2.45, 2.75) is 57.9 Å². The van der Waals surface area contributed by atoms with Gasteiger partial charge in [0.1, 0.15) is 12.3 Å². The first-order chi connectivity index (χ1) is 18.9. The summed E-state index contributed by atoms with van der Waals surface area (Å²) in [5.41, 5.74) is 4.78. The van der Waals surface area contributed by atoms with Crippen molar-refractivity contribution in [1.29, 1.82) is 0 Å². The highest BCUT2D eigenvalue weighted by Gasteiger charge is 2.27. The fourth-order valence-electron chi connectivity index (χ4n) is 5.94. The zero-order valence-corrected chi connectivity index (χ0v) is 23.0. The lowest BCUT2D eigenvalue weighted by atomic mass is 9.85. The van der Waals surface area contributed by atoms with Crippen molar-refractivity contribution in [3.63, 3.8) is 0 Å². The van der Waals surface area contributed by atoms with Crippen LogP contribution >= 0.6 is 0 Å². The van der Waals surface area contributed by atoms with Gasteiger partial charge in [-0.1, -0.05) is 6.07 Å². The lowest BCUT2D eigenvalue weighted by Gasteiger charge is -2.34. The molecule has 8 heteroatoms. The SMILES string of the molecule is CC(C)N1CCOc2c(F)cc(-c3nc(Nc4ccc(C5CCN(C)CC5)c(CC5CC5)c4)ncc3F)cc21. The van der Waals surface area contributed by atoms with Crippen molar-refractivity contribution in [3.8, 4) is 17.0 Å². The normalized spacial score (nSPS) is 18.3. The smallest absolute Gasteiger partial charge is 0.227 e. The Labute approximate surface area is 229 Å². The minimum atomic E-state index is -0.597. The Balaban J connectivity index is 1.29. The molecule has 3 heterocycles. The van der Waals surface area contributed by atoms with Crippen molar-refractivity contribution < 1.29 is 13.5 Å². The van der Waals surface area contributed by atoms with E-state index in [9.17, 15) is 4.39 Å². The van der Waals surface area contributed by atoms with E-state index in [0.717, 1.165) is 37.3 Å². The molecule has 0 amide bonds. The summed E-state index contributed by atoms with van der Waals surface area (Å²) in [5.74, 6) is 0.734. The lowest BCUT2D eigenvalue weighted by Crippen LogP contribution is -2.38. The van der Waals surface area contributed by atoms with Gasteiger partial charge in [-0.3, -0.25) is 0 Å². The average molecular weight is 534 g/mol. The molecule has 0 bridgehead atoms. The minimum Gasteiger partial charge on any atom is -0.486 e. The summed E-state index contributed by atoms with van der Waals surface area (Å²) in [5, 5.41) is 3.29. The molecule has 2 fully saturated rings. The van der Waals surface area contributed by atoms with Gasteiger partial charge in [0.2, 0.25) is 5.95 Å². The molecule has 0 radical (unpaired) electrons. The largest absolute Gasteiger partial charge is 0.486 e. The molecule has 1 aromatic heterocycles. The molecular weight excluding hydrogens is 496 g/mol. The number of ether oxygens (including phenoxy) is 1. The first kappa shape index (κ1) is 26.0. The van der Waals surface area contributed by atoms with Gasteiger partial charge in [0, 0.05) is 17.3 Å². The molecule has 0 spiro atoms. The molecule has 3 aromatic rings. The number of likely N-dealkylation sites (tertiary alicyclic amines) is 1. The lowest BCUT2D eigenvalue weighted by molar-refractivity contribution is 0.255. The molecule has 3 aliphatic rings. The molecule has 1 aliphatic carbocycles. The predicted molar refractivity (Wildman–Crippen MR) is 151 cm³/mol. The zero-order chi connectivity index (χ0) is 27.1. The van der Waals surface area contributed by atoms with Gasteiger partial charge >= 0.3 is 0 Å². The Bertz CT molecular complexity index is 1350. The maximum atomic E-state index is 15.1. The summed E-state index contributed by atoms with van der Waals surface area (Å²) in [6.07, 6.45) is 7.20. The van der Waals surface area contributed by atoms with Crippen LogP contribution in [0.3, 0.4) is 0 Å². The highest BCUT2D eigenvalue weighted by Crippen LogP contribution is 2.40. The van der Waals surface area contributed by atoms with Crippen molar-refractivity contribution in [3.05, 3.63) is 59.3 Å². The fraction of sp³-hybridized carbons (Fsp3) is 0.484. The van der Waals surface area contributed by atoms with Gasteiger partial charge in [-0.05, 0) is 113 Å². The van der Waals surface area contributed by atoms with E-state index in [1.165, 1.54) is 42.9 Å². The summed E-state index contributed by atoms with van der Waals surface area (Å²) < 4.78 is 35.7. The van der Waals surface area contributed by atoms with Crippen LogP contribution in [-0.4, -0.2) is 54.2 Å². The van der Waals surface area contributed by atoms with Gasteiger partial charge in [0.15, 0.2) is 17.4 Å². The number of aromatic nitrogens is 2. The Kier molecular flexibility index (Phi) is 7.14. The van der Waals surface area contributed by atoms with Gasteiger partial charge in [-0.25, -0.2) is 18.7 Å². The van der Waals surface area contributed by atoms with Crippen molar-refractivity contribution in [2.75, 3.05) is 43.5 Å². The van der Waals surface area contributed by atoms with Crippen LogP contribution in [-0.2, 0) is 6.42 Å². The van der Waals surface area contributed by atoms with Crippen LogP contribution < -0.4 is 15.0 Å². The van der Waals surface area contributed by atoms with E-state index in [2.05, 4.69) is 50.3 Å². The maximum Gasteiger partial charge on any atom is 0.227 e. The molecule has 39 heavy (non-hydrogen) atoms. The summed E-state index contributed by atoms with van der Waals surface area (Å²) in [6, 6.07) is 9.75. The van der Waals surface area contributed by atoms with Gasteiger partial charge in [0.05, 0.1) is 18.4 Å². The van der Waals surface area contributed by atoms with Crippen LogP contribution in [0.4, 0.5) is 26.1 Å². The summed E-state index contributed by atoms with van der Waals surface area (Å²) in [7, 11) is 2.19. The highest BCUT2D eigenvalue weighted by molar-refractivity contribution is 5.73. The van der Waals surface area contributed by atoms with Crippen LogP contribution in [0.25, 0.3) is 11.3 Å². The number of hydrogen-bond donors (Lipinski definition) is 1. The minimum absolute atomic E-state index is 0.0598. The van der Waals surface area contributed by atoms with Crippen molar-refractivity contribution in [2.24, 2.45) is 5.92 Å². The summed E-state index contributed by atoms with van der Waals surface area (Å²) >= 11 is 0. The van der Waals surface area contributed by atoms with Crippen molar-refractivity contribution in [1.82, 2.24) is 14.9 Å². The number of rotatable bonds is 7. The molecule has 206 valence electrons. The zero-order valence-electron chi connectivity index (χ0n) is 23.0. The average Bonchev–Trinajstić information content (AvgIpc) is 3.74. The number of nitrogens with zero attached hydrogens (tertiary/aromatic N) is 4. The van der Waals surface area contributed by atoms with Gasteiger partial charge in [0.25, 0.3) is 0 Å². The summed E-state index contributed by atoms with van der Waals surface area (Å²) in [4.78, 5) is 13.2. The number of hydrogen-bond acceptors (Lipinski definition) is 6. The predicted octanol–water partition coefficient (Wildman–Crippen LogP) is 6.53. The standard InChI is InChI=1S/C31H37F2N5O/c1-19(2)38-12-13-39-30-26(32)16-23(17-28(30)38)29-27(33)18-34-31(36-29)35-24-6-7-25(21-8-10-37(3)11-9-21)22(15-24)14-20-4-5-20/h6-7,15-21H,4-5,8-14H2,1-3H3,(H,34,35,36). The van der Waals surface area contributed by atoms with Crippen LogP contribution in [0.5, 0.6) is 5.75 Å². The Hall–Kier alpha value is -3.26. The number of piperidine rings is 1. The first-order valence-electron chi connectivity index (χ1n) is 14.2. The van der Waals surface area contributed by atoms with Gasteiger partial charge in [-0.15, -0.1) is 0 Å². The molecule has 1 saturated heterocycles. The Morgan fingerprint density at radius 1 is 1.03 bits per heavy atom. The van der Waals surface area contributed by atoms with E-state index in [1.807, 2.05) is 13.8 Å². The summed E-state index contributed by atoms with van der Waals surface area (Å²) in [6.45, 7) is 7.40. The molecule has 0 unspecified atom stereocenters. The first-order valence-corrected chi connectivity index (χ1v) is 14.2. The molecule has 0 atom stereocenters. The highest BCUT2D eigenvalue weighted by atomic mass is 19.1. The van der Waals surface area contributed by atoms with E-state index in [1.54, 1.807) is 6.07 Å². The van der Waals surface area contributed by atoms with E-state index in [4.69, 9.17) is 4.74 Å². The number of benzene rings is 2. The van der Waals surface area contributed by atoms with Gasteiger partial charge < -0.3 is 19.9 Å². The molecule has 2 aromatic carbocycles. The van der Waals surface area contributed by atoms with E-state index < -0.39 is 11.6 Å². The second-order valence-corrected chi connectivity index (χ2v) is 11.6. The van der Waals surface area contributed by atoms with Crippen LogP contribution in [0, 0.1) is 17.6 Å². The quantitative estimate of drug-likeness (QED) is 0.373. The molecule has 2 aliphatic heterocycles. The fourth-order valence-corrected chi connectivity index (χ4v) is 5.94. The van der Waals surface area contributed by atoms with Crippen LogP contribution in [0.15, 0.2) is 36.5 Å². The number of fused-ring (bicyclic) bond motifs is 1. The molecule has 6 rings (SSSR count). The van der Waals surface area contributed by atoms with Crippen LogP contribution in [0.2, 0.25) is 0 Å². The number of anilines is 3.